The number of anilines is 2. The maximum Gasteiger partial charge on any atom is 0.267 e. The number of pyridine rings is 1. The zero-order valence-electron chi connectivity index (χ0n) is 16.2. The fourth-order valence-corrected chi connectivity index (χ4v) is 4.06. The summed E-state index contributed by atoms with van der Waals surface area (Å²) < 4.78 is 5.61. The Morgan fingerprint density at radius 3 is 2.57 bits per heavy atom. The molecule has 1 N–H and O–H groups in total. The van der Waals surface area contributed by atoms with Crippen LogP contribution in [0.15, 0.2) is 34.9 Å². The van der Waals surface area contributed by atoms with E-state index in [1.165, 1.54) is 11.3 Å². The molecule has 4 heterocycles. The molecule has 8 heteroatoms. The Bertz CT molecular complexity index is 971. The van der Waals surface area contributed by atoms with Gasteiger partial charge in [0.15, 0.2) is 10.8 Å². The van der Waals surface area contributed by atoms with Crippen LogP contribution < -0.4 is 10.2 Å². The average Bonchev–Trinajstić information content (AvgIpc) is 3.29. The molecule has 0 atom stereocenters. The van der Waals surface area contributed by atoms with Crippen molar-refractivity contribution in [2.24, 2.45) is 0 Å². The smallest absolute Gasteiger partial charge is 0.267 e. The summed E-state index contributed by atoms with van der Waals surface area (Å²) in [4.78, 5) is 26.8. The van der Waals surface area contributed by atoms with E-state index in [2.05, 4.69) is 32.1 Å². The van der Waals surface area contributed by atoms with Gasteiger partial charge in [-0.3, -0.25) is 4.79 Å². The number of aromatic nitrogens is 2. The Balaban J connectivity index is 1.44. The normalized spacial score (nSPS) is 15.0. The van der Waals surface area contributed by atoms with Crippen molar-refractivity contribution in [1.29, 1.82) is 0 Å². The van der Waals surface area contributed by atoms with E-state index in [1.807, 2.05) is 38.1 Å². The van der Waals surface area contributed by atoms with Gasteiger partial charge in [-0.2, -0.15) is 0 Å². The first-order valence-corrected chi connectivity index (χ1v) is 10.1. The SMILES string of the molecule is Cc1ccc(-c2nc(C)c(C(=O)Nc3ccc(N4CCN(C)CC4)nc3)s2)o1. The van der Waals surface area contributed by atoms with E-state index in [1.54, 1.807) is 6.20 Å². The zero-order valence-corrected chi connectivity index (χ0v) is 17.0. The van der Waals surface area contributed by atoms with Gasteiger partial charge in [-0.25, -0.2) is 9.97 Å². The molecule has 0 radical (unpaired) electrons. The number of rotatable bonds is 4. The zero-order chi connectivity index (χ0) is 19.7. The van der Waals surface area contributed by atoms with Gasteiger partial charge >= 0.3 is 0 Å². The van der Waals surface area contributed by atoms with Crippen molar-refractivity contribution >= 4 is 28.7 Å². The molecule has 0 aliphatic carbocycles. The minimum absolute atomic E-state index is 0.182. The molecule has 3 aromatic rings. The summed E-state index contributed by atoms with van der Waals surface area (Å²) >= 11 is 1.33. The Kier molecular flexibility index (Phi) is 5.15. The van der Waals surface area contributed by atoms with Crippen molar-refractivity contribution in [2.45, 2.75) is 13.8 Å². The standard InChI is InChI=1S/C20H23N5O2S/c1-13-4-6-16(27-13)20-22-14(2)18(28-20)19(26)23-15-5-7-17(21-12-15)25-10-8-24(3)9-11-25/h4-7,12H,8-11H2,1-3H3,(H,23,26). The predicted octanol–water partition coefficient (Wildman–Crippen LogP) is 3.42. The summed E-state index contributed by atoms with van der Waals surface area (Å²) in [7, 11) is 2.13. The Hall–Kier alpha value is -2.71. The Morgan fingerprint density at radius 2 is 1.93 bits per heavy atom. The van der Waals surface area contributed by atoms with Gasteiger partial charge in [-0.05, 0) is 45.2 Å². The molecule has 146 valence electrons. The van der Waals surface area contributed by atoms with E-state index in [-0.39, 0.29) is 5.91 Å². The molecule has 1 aliphatic rings. The quantitative estimate of drug-likeness (QED) is 0.727. The first kappa shape index (κ1) is 18.6. The van der Waals surface area contributed by atoms with Crippen molar-refractivity contribution in [3.63, 3.8) is 0 Å². The molecule has 28 heavy (non-hydrogen) atoms. The molecule has 4 rings (SSSR count). The average molecular weight is 398 g/mol. The largest absolute Gasteiger partial charge is 0.459 e. The van der Waals surface area contributed by atoms with Crippen LogP contribution in [0.3, 0.4) is 0 Å². The lowest BCUT2D eigenvalue weighted by Crippen LogP contribution is -2.44. The predicted molar refractivity (Wildman–Crippen MR) is 111 cm³/mol. The number of amides is 1. The highest BCUT2D eigenvalue weighted by Gasteiger charge is 2.19. The van der Waals surface area contributed by atoms with Gasteiger partial charge in [-0.1, -0.05) is 0 Å². The summed E-state index contributed by atoms with van der Waals surface area (Å²) in [6, 6.07) is 7.61. The summed E-state index contributed by atoms with van der Waals surface area (Å²) in [5, 5.41) is 3.63. The van der Waals surface area contributed by atoms with Gasteiger partial charge in [0.2, 0.25) is 0 Å². The molecule has 1 amide bonds. The molecule has 3 aromatic heterocycles. The van der Waals surface area contributed by atoms with Gasteiger partial charge in [0.25, 0.3) is 5.91 Å². The van der Waals surface area contributed by atoms with E-state index in [0.29, 0.717) is 27.0 Å². The van der Waals surface area contributed by atoms with Crippen LogP contribution in [0.4, 0.5) is 11.5 Å². The lowest BCUT2D eigenvalue weighted by molar-refractivity contribution is 0.103. The molecule has 1 saturated heterocycles. The molecule has 1 fully saturated rings. The van der Waals surface area contributed by atoms with E-state index < -0.39 is 0 Å². The number of likely N-dealkylation sites (N-methyl/N-ethyl adjacent to an activating group) is 1. The lowest BCUT2D eigenvalue weighted by atomic mass is 10.3. The van der Waals surface area contributed by atoms with Crippen LogP contribution in [0.5, 0.6) is 0 Å². The number of hydrogen-bond acceptors (Lipinski definition) is 7. The van der Waals surface area contributed by atoms with Crippen LogP contribution in [-0.4, -0.2) is 54.0 Å². The summed E-state index contributed by atoms with van der Waals surface area (Å²) in [6.45, 7) is 7.70. The van der Waals surface area contributed by atoms with E-state index >= 15 is 0 Å². The van der Waals surface area contributed by atoms with Gasteiger partial charge in [0.05, 0.1) is 17.6 Å². The molecule has 7 nitrogen and oxygen atoms in total. The molecule has 0 aromatic carbocycles. The van der Waals surface area contributed by atoms with Crippen LogP contribution >= 0.6 is 11.3 Å². The maximum atomic E-state index is 12.7. The summed E-state index contributed by atoms with van der Waals surface area (Å²) in [5.74, 6) is 2.26. The third kappa shape index (κ3) is 3.93. The number of piperazine rings is 1. The fraction of sp³-hybridized carbons (Fsp3) is 0.350. The first-order chi connectivity index (χ1) is 13.5. The number of furan rings is 1. The van der Waals surface area contributed by atoms with Gasteiger partial charge < -0.3 is 19.5 Å². The van der Waals surface area contributed by atoms with Crippen LogP contribution in [0.25, 0.3) is 10.8 Å². The van der Waals surface area contributed by atoms with Crippen molar-refractivity contribution in [3.8, 4) is 10.8 Å². The molecule has 0 unspecified atom stereocenters. The van der Waals surface area contributed by atoms with Gasteiger partial charge in [-0.15, -0.1) is 11.3 Å². The summed E-state index contributed by atoms with van der Waals surface area (Å²) in [5.41, 5.74) is 1.36. The Labute approximate surface area is 168 Å². The highest BCUT2D eigenvalue weighted by molar-refractivity contribution is 7.17. The fourth-order valence-electron chi connectivity index (χ4n) is 3.13. The number of nitrogens with zero attached hydrogens (tertiary/aromatic N) is 4. The van der Waals surface area contributed by atoms with Gasteiger partial charge in [0.1, 0.15) is 16.5 Å². The maximum absolute atomic E-state index is 12.7. The Morgan fingerprint density at radius 1 is 1.14 bits per heavy atom. The number of aryl methyl sites for hydroxylation is 2. The second kappa shape index (κ2) is 7.73. The second-order valence-corrected chi connectivity index (χ2v) is 7.99. The van der Waals surface area contributed by atoms with E-state index in [0.717, 1.165) is 37.8 Å². The highest BCUT2D eigenvalue weighted by Crippen LogP contribution is 2.29. The summed E-state index contributed by atoms with van der Waals surface area (Å²) in [6.07, 6.45) is 1.71. The molecule has 0 bridgehead atoms. The molecule has 1 aliphatic heterocycles. The highest BCUT2D eigenvalue weighted by atomic mass is 32.1. The third-order valence-electron chi connectivity index (χ3n) is 4.79. The van der Waals surface area contributed by atoms with Gasteiger partial charge in [0, 0.05) is 26.2 Å². The van der Waals surface area contributed by atoms with Crippen LogP contribution in [0.1, 0.15) is 21.1 Å². The van der Waals surface area contributed by atoms with Crippen molar-refractivity contribution in [2.75, 3.05) is 43.4 Å². The number of carbonyl (C=O) groups is 1. The topological polar surface area (TPSA) is 74.5 Å². The number of carbonyl (C=O) groups excluding carboxylic acids is 1. The van der Waals surface area contributed by atoms with Crippen molar-refractivity contribution < 1.29 is 9.21 Å². The van der Waals surface area contributed by atoms with Crippen LogP contribution in [0.2, 0.25) is 0 Å². The number of hydrogen-bond donors (Lipinski definition) is 1. The number of nitrogens with one attached hydrogen (secondary N) is 1. The minimum Gasteiger partial charge on any atom is -0.459 e. The number of thiazole rings is 1. The van der Waals surface area contributed by atoms with E-state index in [9.17, 15) is 4.79 Å². The third-order valence-corrected chi connectivity index (χ3v) is 5.96. The molecular weight excluding hydrogens is 374 g/mol. The minimum atomic E-state index is -0.182. The second-order valence-electron chi connectivity index (χ2n) is 6.99. The van der Waals surface area contributed by atoms with Crippen molar-refractivity contribution in [3.05, 3.63) is 46.8 Å². The van der Waals surface area contributed by atoms with E-state index in [4.69, 9.17) is 4.42 Å². The molecule has 0 spiro atoms. The first-order valence-electron chi connectivity index (χ1n) is 9.25. The lowest BCUT2D eigenvalue weighted by Gasteiger charge is -2.33. The molecule has 0 saturated carbocycles. The van der Waals surface area contributed by atoms with Crippen molar-refractivity contribution in [1.82, 2.24) is 14.9 Å². The van der Waals surface area contributed by atoms with Crippen LogP contribution in [0, 0.1) is 13.8 Å². The monoisotopic (exact) mass is 397 g/mol. The molecular formula is C20H23N5O2S. The van der Waals surface area contributed by atoms with Crippen LogP contribution in [-0.2, 0) is 0 Å².